The molecule has 19 heavy (non-hydrogen) atoms. The number of nitrogen functional groups attached to an aromatic ring is 1. The second kappa shape index (κ2) is 5.65. The van der Waals surface area contributed by atoms with Gasteiger partial charge in [-0.25, -0.2) is 10.8 Å². The second-order valence-electron chi connectivity index (χ2n) is 4.24. The monoisotopic (exact) mass is 296 g/mol. The number of aryl methyl sites for hydroxylation is 2. The number of hydrogen-bond donors (Lipinski definition) is 3. The summed E-state index contributed by atoms with van der Waals surface area (Å²) in [5.41, 5.74) is 5.67. The molecule has 0 aliphatic heterocycles. The van der Waals surface area contributed by atoms with Gasteiger partial charge in [0.05, 0.1) is 10.0 Å². The molecule has 1 aromatic carbocycles. The number of hydrazine groups is 1. The van der Waals surface area contributed by atoms with E-state index in [1.54, 1.807) is 6.07 Å². The van der Waals surface area contributed by atoms with Gasteiger partial charge in [-0.2, -0.15) is 0 Å². The molecular formula is C13H14Cl2N4. The van der Waals surface area contributed by atoms with Gasteiger partial charge in [-0.1, -0.05) is 40.9 Å². The normalized spacial score (nSPS) is 10.4. The topological polar surface area (TPSA) is 63.0 Å². The van der Waals surface area contributed by atoms with Crippen molar-refractivity contribution in [1.82, 2.24) is 4.98 Å². The quantitative estimate of drug-likeness (QED) is 0.591. The molecule has 100 valence electrons. The van der Waals surface area contributed by atoms with Crippen LogP contribution in [0.3, 0.4) is 0 Å². The fraction of sp³-hybridized carbons (Fsp3) is 0.154. The van der Waals surface area contributed by atoms with Crippen LogP contribution in [0.4, 0.5) is 17.3 Å². The minimum absolute atomic E-state index is 0.373. The molecule has 1 heterocycles. The molecule has 4 nitrogen and oxygen atoms in total. The van der Waals surface area contributed by atoms with E-state index in [2.05, 4.69) is 21.8 Å². The van der Waals surface area contributed by atoms with Gasteiger partial charge in [0.2, 0.25) is 0 Å². The van der Waals surface area contributed by atoms with Crippen LogP contribution in [-0.2, 0) is 0 Å². The first-order chi connectivity index (χ1) is 9.01. The summed E-state index contributed by atoms with van der Waals surface area (Å²) >= 11 is 12.1. The van der Waals surface area contributed by atoms with Crippen LogP contribution in [0, 0.1) is 13.8 Å². The summed E-state index contributed by atoms with van der Waals surface area (Å²) in [4.78, 5) is 4.24. The summed E-state index contributed by atoms with van der Waals surface area (Å²) in [6.07, 6.45) is 0. The zero-order chi connectivity index (χ0) is 14.0. The van der Waals surface area contributed by atoms with E-state index < -0.39 is 0 Å². The molecule has 0 radical (unpaired) electrons. The Morgan fingerprint density at radius 1 is 1.05 bits per heavy atom. The van der Waals surface area contributed by atoms with Crippen molar-refractivity contribution >= 4 is 40.5 Å². The van der Waals surface area contributed by atoms with E-state index in [0.29, 0.717) is 21.7 Å². The molecule has 1 aromatic heterocycles. The lowest BCUT2D eigenvalue weighted by Crippen LogP contribution is -2.10. The van der Waals surface area contributed by atoms with E-state index in [1.807, 2.05) is 26.0 Å². The van der Waals surface area contributed by atoms with Crippen LogP contribution in [0.2, 0.25) is 10.0 Å². The van der Waals surface area contributed by atoms with Crippen LogP contribution in [0.25, 0.3) is 0 Å². The molecule has 0 spiro atoms. The molecule has 2 rings (SSSR count). The zero-order valence-electron chi connectivity index (χ0n) is 10.6. The first-order valence-corrected chi connectivity index (χ1v) is 6.44. The van der Waals surface area contributed by atoms with Crippen LogP contribution >= 0.6 is 23.2 Å². The standard InChI is InChI=1S/C13H14Cl2N4/c1-7-3-4-11(8(2)5-7)17-12-9(14)6-10(15)13(18-12)19-16/h3-6H,16H2,1-2H3,(H2,17,18,19). The Bertz CT molecular complexity index is 614. The van der Waals surface area contributed by atoms with E-state index in [-0.39, 0.29) is 0 Å². The number of anilines is 3. The Labute approximate surface area is 121 Å². The number of aromatic nitrogens is 1. The van der Waals surface area contributed by atoms with Crippen LogP contribution in [0.15, 0.2) is 24.3 Å². The van der Waals surface area contributed by atoms with E-state index in [9.17, 15) is 0 Å². The second-order valence-corrected chi connectivity index (χ2v) is 5.05. The highest BCUT2D eigenvalue weighted by atomic mass is 35.5. The van der Waals surface area contributed by atoms with Gasteiger partial charge < -0.3 is 10.7 Å². The molecule has 0 saturated heterocycles. The number of nitrogens with zero attached hydrogens (tertiary/aromatic N) is 1. The number of hydrogen-bond acceptors (Lipinski definition) is 4. The van der Waals surface area contributed by atoms with Crippen molar-refractivity contribution in [3.05, 3.63) is 45.4 Å². The first kappa shape index (κ1) is 13.9. The third-order valence-electron chi connectivity index (χ3n) is 2.70. The van der Waals surface area contributed by atoms with Crippen molar-refractivity contribution in [3.63, 3.8) is 0 Å². The molecule has 0 fully saturated rings. The van der Waals surface area contributed by atoms with Crippen LogP contribution in [-0.4, -0.2) is 4.98 Å². The molecule has 4 N–H and O–H groups in total. The third-order valence-corrected chi connectivity index (χ3v) is 3.28. The first-order valence-electron chi connectivity index (χ1n) is 5.68. The van der Waals surface area contributed by atoms with Gasteiger partial charge in [-0.15, -0.1) is 0 Å². The van der Waals surface area contributed by atoms with Gasteiger partial charge in [0.25, 0.3) is 0 Å². The number of nitrogens with one attached hydrogen (secondary N) is 2. The fourth-order valence-corrected chi connectivity index (χ4v) is 2.20. The molecule has 0 bridgehead atoms. The Morgan fingerprint density at radius 3 is 2.37 bits per heavy atom. The van der Waals surface area contributed by atoms with Gasteiger partial charge in [0.15, 0.2) is 11.6 Å². The molecule has 0 amide bonds. The predicted octanol–water partition coefficient (Wildman–Crippen LogP) is 4.03. The highest BCUT2D eigenvalue weighted by Crippen LogP contribution is 2.31. The molecule has 2 aromatic rings. The summed E-state index contributed by atoms with van der Waals surface area (Å²) < 4.78 is 0. The fourth-order valence-electron chi connectivity index (χ4n) is 1.74. The van der Waals surface area contributed by atoms with Crippen molar-refractivity contribution in [2.24, 2.45) is 5.84 Å². The summed E-state index contributed by atoms with van der Waals surface area (Å²) in [7, 11) is 0. The average Bonchev–Trinajstić information content (AvgIpc) is 2.35. The summed E-state index contributed by atoms with van der Waals surface area (Å²) in [5, 5.41) is 3.98. The summed E-state index contributed by atoms with van der Waals surface area (Å²) in [6, 6.07) is 7.67. The molecule has 6 heteroatoms. The largest absolute Gasteiger partial charge is 0.339 e. The number of pyridine rings is 1. The highest BCUT2D eigenvalue weighted by molar-refractivity contribution is 6.37. The summed E-state index contributed by atoms with van der Waals surface area (Å²) in [5.74, 6) is 6.22. The number of benzene rings is 1. The SMILES string of the molecule is Cc1ccc(Nc2nc(NN)c(Cl)cc2Cl)c(C)c1. The Hall–Kier alpha value is -1.49. The van der Waals surface area contributed by atoms with Crippen molar-refractivity contribution in [3.8, 4) is 0 Å². The van der Waals surface area contributed by atoms with Crippen molar-refractivity contribution < 1.29 is 0 Å². The smallest absolute Gasteiger partial charge is 0.161 e. The van der Waals surface area contributed by atoms with Gasteiger partial charge in [-0.3, -0.25) is 0 Å². The third kappa shape index (κ3) is 3.10. The molecule has 0 unspecified atom stereocenters. The van der Waals surface area contributed by atoms with Crippen LogP contribution < -0.4 is 16.6 Å². The maximum Gasteiger partial charge on any atom is 0.161 e. The molecule has 0 aliphatic carbocycles. The van der Waals surface area contributed by atoms with E-state index in [1.165, 1.54) is 5.56 Å². The zero-order valence-corrected chi connectivity index (χ0v) is 12.1. The van der Waals surface area contributed by atoms with Gasteiger partial charge in [0, 0.05) is 5.69 Å². The lowest BCUT2D eigenvalue weighted by molar-refractivity contribution is 1.22. The van der Waals surface area contributed by atoms with Gasteiger partial charge in [0.1, 0.15) is 0 Å². The molecule has 0 saturated carbocycles. The van der Waals surface area contributed by atoms with Crippen molar-refractivity contribution in [2.45, 2.75) is 13.8 Å². The van der Waals surface area contributed by atoms with Gasteiger partial charge in [-0.05, 0) is 31.5 Å². The minimum atomic E-state index is 0.373. The maximum atomic E-state index is 6.11. The summed E-state index contributed by atoms with van der Waals surface area (Å²) in [6.45, 7) is 4.06. The van der Waals surface area contributed by atoms with E-state index >= 15 is 0 Å². The molecule has 0 aliphatic rings. The molecule has 0 atom stereocenters. The Morgan fingerprint density at radius 2 is 1.74 bits per heavy atom. The lowest BCUT2D eigenvalue weighted by Gasteiger charge is -2.12. The number of rotatable bonds is 3. The Kier molecular flexibility index (Phi) is 4.14. The van der Waals surface area contributed by atoms with E-state index in [0.717, 1.165) is 11.3 Å². The van der Waals surface area contributed by atoms with E-state index in [4.69, 9.17) is 29.0 Å². The number of nitrogens with two attached hydrogens (primary N) is 1. The van der Waals surface area contributed by atoms with Crippen molar-refractivity contribution in [2.75, 3.05) is 10.7 Å². The minimum Gasteiger partial charge on any atom is -0.339 e. The number of halogens is 2. The highest BCUT2D eigenvalue weighted by Gasteiger charge is 2.09. The van der Waals surface area contributed by atoms with Crippen LogP contribution in [0.5, 0.6) is 0 Å². The van der Waals surface area contributed by atoms with Gasteiger partial charge >= 0.3 is 0 Å². The predicted molar refractivity (Wildman–Crippen MR) is 81.3 cm³/mol. The average molecular weight is 297 g/mol. The van der Waals surface area contributed by atoms with Crippen molar-refractivity contribution in [1.29, 1.82) is 0 Å². The van der Waals surface area contributed by atoms with Crippen LogP contribution in [0.1, 0.15) is 11.1 Å². The lowest BCUT2D eigenvalue weighted by atomic mass is 10.1. The maximum absolute atomic E-state index is 6.11. The Balaban J connectivity index is 2.37. The molecular weight excluding hydrogens is 283 g/mol.